The van der Waals surface area contributed by atoms with E-state index < -0.39 is 10.0 Å². The van der Waals surface area contributed by atoms with Gasteiger partial charge in [0, 0.05) is 18.7 Å². The molecule has 1 aromatic carbocycles. The molecule has 0 aliphatic carbocycles. The zero-order chi connectivity index (χ0) is 17.7. The number of benzene rings is 1. The molecule has 1 fully saturated rings. The van der Waals surface area contributed by atoms with Crippen molar-refractivity contribution in [1.29, 1.82) is 0 Å². The number of hydrogen-bond donors (Lipinski definition) is 0. The van der Waals surface area contributed by atoms with Crippen LogP contribution in [-0.4, -0.2) is 38.4 Å². The minimum atomic E-state index is -3.44. The third-order valence-electron chi connectivity index (χ3n) is 4.33. The highest BCUT2D eigenvalue weighted by molar-refractivity contribution is 7.89. The number of carbonyl (C=O) groups is 1. The summed E-state index contributed by atoms with van der Waals surface area (Å²) in [5.41, 5.74) is 1.50. The SMILES string of the molecule is C=C(CC1CCN(S(=O)(=O)c2ccc(C)cc2)CC1)C(=O)OCC. The Bertz CT molecular complexity index is 686. The van der Waals surface area contributed by atoms with Gasteiger partial charge >= 0.3 is 5.97 Å². The maximum Gasteiger partial charge on any atom is 0.333 e. The Kier molecular flexibility index (Phi) is 6.18. The molecule has 24 heavy (non-hydrogen) atoms. The second-order valence-corrected chi connectivity index (χ2v) is 8.13. The van der Waals surface area contributed by atoms with E-state index in [9.17, 15) is 13.2 Å². The third-order valence-corrected chi connectivity index (χ3v) is 6.24. The molecular weight excluding hydrogens is 326 g/mol. The molecule has 0 unspecified atom stereocenters. The van der Waals surface area contributed by atoms with Crippen molar-refractivity contribution >= 4 is 16.0 Å². The summed E-state index contributed by atoms with van der Waals surface area (Å²) >= 11 is 0. The third kappa shape index (κ3) is 4.45. The van der Waals surface area contributed by atoms with Crippen LogP contribution in [0.1, 0.15) is 31.7 Å². The number of nitrogens with zero attached hydrogens (tertiary/aromatic N) is 1. The van der Waals surface area contributed by atoms with Crippen molar-refractivity contribution in [3.05, 3.63) is 42.0 Å². The average Bonchev–Trinajstić information content (AvgIpc) is 2.56. The fourth-order valence-electron chi connectivity index (χ4n) is 2.88. The molecule has 0 spiro atoms. The van der Waals surface area contributed by atoms with Crippen molar-refractivity contribution in [3.63, 3.8) is 0 Å². The first-order valence-electron chi connectivity index (χ1n) is 8.26. The van der Waals surface area contributed by atoms with Gasteiger partial charge in [-0.1, -0.05) is 24.3 Å². The van der Waals surface area contributed by atoms with Gasteiger partial charge in [0.05, 0.1) is 11.5 Å². The Morgan fingerprint density at radius 1 is 1.25 bits per heavy atom. The number of rotatable bonds is 6. The predicted molar refractivity (Wildman–Crippen MR) is 93.1 cm³/mol. The van der Waals surface area contributed by atoms with Crippen LogP contribution in [0.5, 0.6) is 0 Å². The molecule has 0 bridgehead atoms. The van der Waals surface area contributed by atoms with Crippen LogP contribution >= 0.6 is 0 Å². The van der Waals surface area contributed by atoms with E-state index in [0.717, 1.165) is 18.4 Å². The van der Waals surface area contributed by atoms with Crippen LogP contribution in [0, 0.1) is 12.8 Å². The molecule has 1 heterocycles. The molecule has 0 aromatic heterocycles. The Morgan fingerprint density at radius 2 is 1.83 bits per heavy atom. The molecule has 1 aromatic rings. The molecule has 132 valence electrons. The smallest absolute Gasteiger partial charge is 0.333 e. The summed E-state index contributed by atoms with van der Waals surface area (Å²) in [5, 5.41) is 0. The molecule has 0 atom stereocenters. The Balaban J connectivity index is 1.93. The number of ether oxygens (including phenoxy) is 1. The fourth-order valence-corrected chi connectivity index (χ4v) is 4.35. The molecule has 1 aliphatic heterocycles. The van der Waals surface area contributed by atoms with Crippen LogP contribution in [0.4, 0.5) is 0 Å². The lowest BCUT2D eigenvalue weighted by Crippen LogP contribution is -2.38. The molecule has 2 rings (SSSR count). The van der Waals surface area contributed by atoms with Crippen molar-refractivity contribution in [2.75, 3.05) is 19.7 Å². The highest BCUT2D eigenvalue weighted by Gasteiger charge is 2.30. The zero-order valence-corrected chi connectivity index (χ0v) is 15.1. The summed E-state index contributed by atoms with van der Waals surface area (Å²) in [7, 11) is -3.44. The van der Waals surface area contributed by atoms with E-state index in [1.165, 1.54) is 4.31 Å². The molecule has 1 aliphatic rings. The van der Waals surface area contributed by atoms with E-state index in [-0.39, 0.29) is 11.9 Å². The van der Waals surface area contributed by atoms with Crippen molar-refractivity contribution < 1.29 is 17.9 Å². The van der Waals surface area contributed by atoms with Crippen LogP contribution < -0.4 is 0 Å². The minimum Gasteiger partial charge on any atom is -0.463 e. The van der Waals surface area contributed by atoms with E-state index in [2.05, 4.69) is 6.58 Å². The summed E-state index contributed by atoms with van der Waals surface area (Å²) in [6, 6.07) is 6.92. The van der Waals surface area contributed by atoms with Crippen molar-refractivity contribution in [2.45, 2.75) is 38.0 Å². The minimum absolute atomic E-state index is 0.270. The molecule has 0 amide bonds. The topological polar surface area (TPSA) is 63.7 Å². The number of sulfonamides is 1. The van der Waals surface area contributed by atoms with Gasteiger partial charge in [0.25, 0.3) is 0 Å². The molecular formula is C18H25NO4S. The van der Waals surface area contributed by atoms with Crippen molar-refractivity contribution in [1.82, 2.24) is 4.31 Å². The summed E-state index contributed by atoms with van der Waals surface area (Å²) in [6.45, 7) is 8.75. The van der Waals surface area contributed by atoms with E-state index >= 15 is 0 Å². The van der Waals surface area contributed by atoms with Crippen LogP contribution in [-0.2, 0) is 19.6 Å². The standard InChI is InChI=1S/C18H25NO4S/c1-4-23-18(20)15(3)13-16-9-11-19(12-10-16)24(21,22)17-7-5-14(2)6-8-17/h5-8,16H,3-4,9-13H2,1-2H3. The first-order chi connectivity index (χ1) is 11.3. The van der Waals surface area contributed by atoms with E-state index in [4.69, 9.17) is 4.74 Å². The summed E-state index contributed by atoms with van der Waals surface area (Å²) in [4.78, 5) is 12.0. The second kappa shape index (κ2) is 7.94. The zero-order valence-electron chi connectivity index (χ0n) is 14.3. The lowest BCUT2D eigenvalue weighted by molar-refractivity contribution is -0.138. The monoisotopic (exact) mass is 351 g/mol. The predicted octanol–water partition coefficient (Wildman–Crippen LogP) is 2.91. The maximum absolute atomic E-state index is 12.7. The van der Waals surface area contributed by atoms with Gasteiger partial charge in [-0.15, -0.1) is 0 Å². The van der Waals surface area contributed by atoms with E-state index in [0.29, 0.717) is 36.6 Å². The van der Waals surface area contributed by atoms with Crippen LogP contribution in [0.3, 0.4) is 0 Å². The number of piperidine rings is 1. The molecule has 0 N–H and O–H groups in total. The second-order valence-electron chi connectivity index (χ2n) is 6.19. The van der Waals surface area contributed by atoms with Gasteiger partial charge in [0.15, 0.2) is 0 Å². The molecule has 6 heteroatoms. The van der Waals surface area contributed by atoms with Crippen molar-refractivity contribution in [3.8, 4) is 0 Å². The quantitative estimate of drug-likeness (QED) is 0.584. The Morgan fingerprint density at radius 3 is 2.38 bits per heavy atom. The lowest BCUT2D eigenvalue weighted by atomic mass is 9.91. The van der Waals surface area contributed by atoms with Crippen LogP contribution in [0.25, 0.3) is 0 Å². The van der Waals surface area contributed by atoms with Gasteiger partial charge in [-0.25, -0.2) is 13.2 Å². The first-order valence-corrected chi connectivity index (χ1v) is 9.70. The van der Waals surface area contributed by atoms with Gasteiger partial charge < -0.3 is 4.74 Å². The van der Waals surface area contributed by atoms with Gasteiger partial charge in [-0.3, -0.25) is 0 Å². The Hall–Kier alpha value is -1.66. The van der Waals surface area contributed by atoms with E-state index in [1.54, 1.807) is 19.1 Å². The summed E-state index contributed by atoms with van der Waals surface area (Å²) in [5.74, 6) is -0.0846. The summed E-state index contributed by atoms with van der Waals surface area (Å²) in [6.07, 6.45) is 2.02. The highest BCUT2D eigenvalue weighted by Crippen LogP contribution is 2.27. The number of esters is 1. The molecule has 5 nitrogen and oxygen atoms in total. The molecule has 0 radical (unpaired) electrons. The number of carbonyl (C=O) groups excluding carboxylic acids is 1. The van der Waals surface area contributed by atoms with Gasteiger partial charge in [0.1, 0.15) is 0 Å². The lowest BCUT2D eigenvalue weighted by Gasteiger charge is -2.31. The first kappa shape index (κ1) is 18.7. The van der Waals surface area contributed by atoms with Crippen molar-refractivity contribution in [2.24, 2.45) is 5.92 Å². The van der Waals surface area contributed by atoms with Crippen LogP contribution in [0.2, 0.25) is 0 Å². The van der Waals surface area contributed by atoms with Gasteiger partial charge in [-0.05, 0) is 51.2 Å². The maximum atomic E-state index is 12.7. The fraction of sp³-hybridized carbons (Fsp3) is 0.500. The average molecular weight is 351 g/mol. The van der Waals surface area contributed by atoms with E-state index in [1.807, 2.05) is 19.1 Å². The number of aryl methyl sites for hydroxylation is 1. The van der Waals surface area contributed by atoms with Crippen LogP contribution in [0.15, 0.2) is 41.3 Å². The molecule has 1 saturated heterocycles. The Labute approximate surface area is 144 Å². The van der Waals surface area contributed by atoms with Gasteiger partial charge in [-0.2, -0.15) is 4.31 Å². The van der Waals surface area contributed by atoms with Gasteiger partial charge in [0.2, 0.25) is 10.0 Å². The highest BCUT2D eigenvalue weighted by atomic mass is 32.2. The summed E-state index contributed by atoms with van der Waals surface area (Å²) < 4.78 is 31.8. The molecule has 0 saturated carbocycles. The largest absolute Gasteiger partial charge is 0.463 e. The normalized spacial score (nSPS) is 16.8. The number of hydrogen-bond acceptors (Lipinski definition) is 4.